The van der Waals surface area contributed by atoms with Crippen molar-refractivity contribution in [3.8, 4) is 0 Å². The van der Waals surface area contributed by atoms with Crippen molar-refractivity contribution in [1.29, 1.82) is 0 Å². The van der Waals surface area contributed by atoms with Crippen molar-refractivity contribution in [2.24, 2.45) is 5.92 Å². The number of hydrogen-bond acceptors (Lipinski definition) is 3. The highest BCUT2D eigenvalue weighted by molar-refractivity contribution is 5.04. The predicted molar refractivity (Wildman–Crippen MR) is 88.6 cm³/mol. The van der Waals surface area contributed by atoms with Crippen LogP contribution in [0.5, 0.6) is 0 Å². The van der Waals surface area contributed by atoms with Gasteiger partial charge in [0, 0.05) is 30.7 Å². The average molecular weight is 305 g/mol. The summed E-state index contributed by atoms with van der Waals surface area (Å²) in [7, 11) is 0. The third-order valence-corrected chi connectivity index (χ3v) is 5.73. The number of hydrogen-bond donors (Lipinski definition) is 1. The van der Waals surface area contributed by atoms with Crippen LogP contribution in [0.4, 0.5) is 0 Å². The minimum absolute atomic E-state index is 0.406. The molecule has 1 saturated heterocycles. The van der Waals surface area contributed by atoms with E-state index in [9.17, 15) is 5.11 Å². The molecule has 2 heterocycles. The Morgan fingerprint density at radius 1 is 1.32 bits per heavy atom. The smallest absolute Gasteiger partial charge is 0.0662 e. The van der Waals surface area contributed by atoms with E-state index in [0.29, 0.717) is 18.0 Å². The first kappa shape index (κ1) is 16.0. The van der Waals surface area contributed by atoms with Gasteiger partial charge < -0.3 is 5.11 Å². The summed E-state index contributed by atoms with van der Waals surface area (Å²) < 4.78 is 2.13. The van der Waals surface area contributed by atoms with Crippen LogP contribution in [0.1, 0.15) is 71.0 Å². The second-order valence-electron chi connectivity index (χ2n) is 7.75. The molecule has 1 aromatic rings. The molecule has 3 atom stereocenters. The molecule has 0 unspecified atom stereocenters. The molecular formula is C18H31N3O. The van der Waals surface area contributed by atoms with Crippen LogP contribution in [0.3, 0.4) is 0 Å². The first-order valence-electron chi connectivity index (χ1n) is 8.98. The van der Waals surface area contributed by atoms with Gasteiger partial charge in [-0.25, -0.2) is 0 Å². The Morgan fingerprint density at radius 2 is 2.14 bits per heavy atom. The molecule has 4 heteroatoms. The Kier molecular flexibility index (Phi) is 4.60. The minimum Gasteiger partial charge on any atom is -0.390 e. The van der Waals surface area contributed by atoms with E-state index >= 15 is 0 Å². The van der Waals surface area contributed by atoms with Gasteiger partial charge in [-0.3, -0.25) is 9.58 Å². The third kappa shape index (κ3) is 3.09. The summed E-state index contributed by atoms with van der Waals surface area (Å²) in [5, 5.41) is 15.3. The molecule has 2 aliphatic rings. The van der Waals surface area contributed by atoms with Gasteiger partial charge in [0.2, 0.25) is 0 Å². The lowest BCUT2D eigenvalue weighted by molar-refractivity contribution is -0.0631. The van der Waals surface area contributed by atoms with E-state index in [1.54, 1.807) is 0 Å². The van der Waals surface area contributed by atoms with E-state index in [1.807, 2.05) is 6.20 Å². The Bertz CT molecular complexity index is 494. The second kappa shape index (κ2) is 6.32. The molecule has 1 aromatic heterocycles. The first-order chi connectivity index (χ1) is 10.5. The maximum absolute atomic E-state index is 10.8. The van der Waals surface area contributed by atoms with Crippen LogP contribution < -0.4 is 0 Å². The molecule has 0 amide bonds. The fraction of sp³-hybridized carbons (Fsp3) is 0.833. The maximum atomic E-state index is 10.8. The van der Waals surface area contributed by atoms with Crippen LogP contribution in [0.2, 0.25) is 0 Å². The molecule has 1 saturated carbocycles. The first-order valence-corrected chi connectivity index (χ1v) is 8.98. The Labute approximate surface area is 134 Å². The second-order valence-corrected chi connectivity index (χ2v) is 7.75. The lowest BCUT2D eigenvalue weighted by Crippen LogP contribution is -2.48. The molecule has 1 N–H and O–H groups in total. The number of aliphatic hydroxyl groups is 1. The Morgan fingerprint density at radius 3 is 2.86 bits per heavy atom. The number of nitrogens with zero attached hydrogens (tertiary/aromatic N) is 3. The summed E-state index contributed by atoms with van der Waals surface area (Å²) in [5.74, 6) is 0.430. The molecule has 0 bridgehead atoms. The molecule has 124 valence electrons. The fourth-order valence-electron chi connectivity index (χ4n) is 4.59. The van der Waals surface area contributed by atoms with Gasteiger partial charge in [0.1, 0.15) is 0 Å². The standard InChI is InChI=1S/C18H31N3O/c1-14(2)21-15(9-11-19-21)13-20-12-6-8-17(20)16-7-4-5-10-18(16,3)22/h9,11,14,16-17,22H,4-8,10,12-13H2,1-3H3/t16-,17-,18+/m1/s1. The zero-order chi connectivity index (χ0) is 15.7. The van der Waals surface area contributed by atoms with E-state index < -0.39 is 5.60 Å². The van der Waals surface area contributed by atoms with E-state index in [2.05, 4.69) is 41.5 Å². The highest BCUT2D eigenvalue weighted by Gasteiger charge is 2.43. The van der Waals surface area contributed by atoms with E-state index in [-0.39, 0.29) is 0 Å². The SMILES string of the molecule is CC(C)n1nccc1CN1CCC[C@@H]1[C@H]1CCCC[C@]1(C)O. The molecule has 0 radical (unpaired) electrons. The van der Waals surface area contributed by atoms with Crippen molar-refractivity contribution < 1.29 is 5.11 Å². The van der Waals surface area contributed by atoms with E-state index in [0.717, 1.165) is 19.5 Å². The normalized spacial score (nSPS) is 33.7. The average Bonchev–Trinajstić information content (AvgIpc) is 3.08. The summed E-state index contributed by atoms with van der Waals surface area (Å²) >= 11 is 0. The van der Waals surface area contributed by atoms with E-state index in [4.69, 9.17) is 0 Å². The summed E-state index contributed by atoms with van der Waals surface area (Å²) in [6.45, 7) is 8.55. The number of likely N-dealkylation sites (tertiary alicyclic amines) is 1. The largest absolute Gasteiger partial charge is 0.390 e. The van der Waals surface area contributed by atoms with E-state index in [1.165, 1.54) is 37.8 Å². The highest BCUT2D eigenvalue weighted by atomic mass is 16.3. The van der Waals surface area contributed by atoms with Crippen molar-refractivity contribution in [2.75, 3.05) is 6.54 Å². The van der Waals surface area contributed by atoms with Gasteiger partial charge in [-0.1, -0.05) is 12.8 Å². The molecule has 2 fully saturated rings. The fourth-order valence-corrected chi connectivity index (χ4v) is 4.59. The van der Waals surface area contributed by atoms with Gasteiger partial charge in [-0.2, -0.15) is 5.10 Å². The maximum Gasteiger partial charge on any atom is 0.0662 e. The zero-order valence-corrected chi connectivity index (χ0v) is 14.3. The predicted octanol–water partition coefficient (Wildman–Crippen LogP) is 3.37. The van der Waals surface area contributed by atoms with Gasteiger partial charge in [0.05, 0.1) is 11.3 Å². The molecule has 4 nitrogen and oxygen atoms in total. The number of aromatic nitrogens is 2. The topological polar surface area (TPSA) is 41.3 Å². The van der Waals surface area contributed by atoms with Gasteiger partial charge in [0.15, 0.2) is 0 Å². The highest BCUT2D eigenvalue weighted by Crippen LogP contribution is 2.41. The quantitative estimate of drug-likeness (QED) is 0.927. The Hall–Kier alpha value is -0.870. The van der Waals surface area contributed by atoms with Crippen LogP contribution in [0.25, 0.3) is 0 Å². The molecule has 0 aromatic carbocycles. The van der Waals surface area contributed by atoms with Gasteiger partial charge >= 0.3 is 0 Å². The molecular weight excluding hydrogens is 274 g/mol. The van der Waals surface area contributed by atoms with Crippen LogP contribution in [-0.2, 0) is 6.54 Å². The van der Waals surface area contributed by atoms with Crippen molar-refractivity contribution in [1.82, 2.24) is 14.7 Å². The lowest BCUT2D eigenvalue weighted by Gasteiger charge is -2.43. The molecule has 1 aliphatic heterocycles. The van der Waals surface area contributed by atoms with Crippen LogP contribution in [-0.4, -0.2) is 38.0 Å². The van der Waals surface area contributed by atoms with Crippen molar-refractivity contribution in [2.45, 2.75) is 83.5 Å². The van der Waals surface area contributed by atoms with Crippen molar-refractivity contribution in [3.05, 3.63) is 18.0 Å². The van der Waals surface area contributed by atoms with Gasteiger partial charge in [0.25, 0.3) is 0 Å². The van der Waals surface area contributed by atoms with Gasteiger partial charge in [-0.05, 0) is 59.1 Å². The van der Waals surface area contributed by atoms with Crippen LogP contribution in [0, 0.1) is 5.92 Å². The van der Waals surface area contributed by atoms with Crippen LogP contribution >= 0.6 is 0 Å². The third-order valence-electron chi connectivity index (χ3n) is 5.73. The summed E-state index contributed by atoms with van der Waals surface area (Å²) in [4.78, 5) is 2.60. The van der Waals surface area contributed by atoms with Gasteiger partial charge in [-0.15, -0.1) is 0 Å². The lowest BCUT2D eigenvalue weighted by atomic mass is 9.72. The van der Waals surface area contributed by atoms with Crippen LogP contribution in [0.15, 0.2) is 12.3 Å². The molecule has 0 spiro atoms. The molecule has 3 rings (SSSR count). The monoisotopic (exact) mass is 305 g/mol. The van der Waals surface area contributed by atoms with Crippen molar-refractivity contribution in [3.63, 3.8) is 0 Å². The molecule has 22 heavy (non-hydrogen) atoms. The molecule has 1 aliphatic carbocycles. The Balaban J connectivity index is 1.74. The number of rotatable bonds is 4. The minimum atomic E-state index is -0.482. The van der Waals surface area contributed by atoms with Crippen molar-refractivity contribution >= 4 is 0 Å². The zero-order valence-electron chi connectivity index (χ0n) is 14.3. The summed E-state index contributed by atoms with van der Waals surface area (Å²) in [5.41, 5.74) is 0.821. The summed E-state index contributed by atoms with van der Waals surface area (Å²) in [6, 6.07) is 3.09. The summed E-state index contributed by atoms with van der Waals surface area (Å²) in [6.07, 6.45) is 9.00.